The maximum absolute atomic E-state index is 13.4. The van der Waals surface area contributed by atoms with Gasteiger partial charge in [-0.1, -0.05) is 29.3 Å². The molecule has 1 fully saturated rings. The number of benzene rings is 1. The molecule has 110 valence electrons. The Hall–Kier alpha value is -0.740. The molecule has 20 heavy (non-hydrogen) atoms. The van der Waals surface area contributed by atoms with Crippen LogP contribution in [0.4, 0.5) is 4.39 Å². The summed E-state index contributed by atoms with van der Waals surface area (Å²) in [5, 5.41) is 3.35. The number of piperidine rings is 1. The summed E-state index contributed by atoms with van der Waals surface area (Å²) in [4.78, 5) is 12.7. The van der Waals surface area contributed by atoms with E-state index in [1.807, 2.05) is 6.07 Å². The Balaban J connectivity index is 2.15. The van der Waals surface area contributed by atoms with Crippen molar-refractivity contribution >= 4 is 21.7 Å². The first-order chi connectivity index (χ1) is 9.55. The van der Waals surface area contributed by atoms with Crippen molar-refractivity contribution in [2.75, 3.05) is 13.1 Å². The van der Waals surface area contributed by atoms with Crippen LogP contribution >= 0.6 is 15.9 Å². The monoisotopic (exact) mass is 341 g/mol. The molecule has 1 aliphatic heterocycles. The highest BCUT2D eigenvalue weighted by Gasteiger charge is 2.37. The first kappa shape index (κ1) is 15.6. The van der Waals surface area contributed by atoms with Crippen molar-refractivity contribution in [3.63, 3.8) is 0 Å². The largest absolute Gasteiger partial charge is 0.316 e. The van der Waals surface area contributed by atoms with Gasteiger partial charge in [-0.15, -0.1) is 0 Å². The van der Waals surface area contributed by atoms with Crippen molar-refractivity contribution in [3.05, 3.63) is 34.1 Å². The summed E-state index contributed by atoms with van der Waals surface area (Å²) in [6.45, 7) is 3.86. The molecule has 0 saturated carbocycles. The quantitative estimate of drug-likeness (QED) is 0.880. The van der Waals surface area contributed by atoms with Crippen LogP contribution in [0.1, 0.15) is 38.2 Å². The number of hydrogen-bond acceptors (Lipinski definition) is 2. The van der Waals surface area contributed by atoms with Gasteiger partial charge in [-0.3, -0.25) is 4.79 Å². The molecular formula is C16H21BrFNO. The molecule has 4 heteroatoms. The third kappa shape index (κ3) is 3.67. The second-order valence-corrected chi connectivity index (χ2v) is 6.60. The van der Waals surface area contributed by atoms with E-state index in [9.17, 15) is 9.18 Å². The summed E-state index contributed by atoms with van der Waals surface area (Å²) in [5.41, 5.74) is 0.495. The van der Waals surface area contributed by atoms with Crippen molar-refractivity contribution in [1.29, 1.82) is 0 Å². The molecule has 1 saturated heterocycles. The van der Waals surface area contributed by atoms with Crippen LogP contribution in [-0.2, 0) is 11.2 Å². The average Bonchev–Trinajstić information content (AvgIpc) is 2.38. The van der Waals surface area contributed by atoms with Crippen molar-refractivity contribution in [2.24, 2.45) is 5.41 Å². The third-order valence-corrected chi connectivity index (χ3v) is 4.54. The number of rotatable bonds is 5. The van der Waals surface area contributed by atoms with Crippen LogP contribution in [0.5, 0.6) is 0 Å². The van der Waals surface area contributed by atoms with Gasteiger partial charge in [0.1, 0.15) is 11.6 Å². The van der Waals surface area contributed by atoms with Gasteiger partial charge in [0, 0.05) is 22.9 Å². The lowest BCUT2D eigenvalue weighted by atomic mass is 9.72. The molecule has 2 nitrogen and oxygen atoms in total. The Morgan fingerprint density at radius 3 is 2.85 bits per heavy atom. The minimum Gasteiger partial charge on any atom is -0.316 e. The molecule has 0 aliphatic carbocycles. The van der Waals surface area contributed by atoms with E-state index in [1.54, 1.807) is 0 Å². The molecule has 0 aromatic heterocycles. The molecule has 1 unspecified atom stereocenters. The number of carbonyl (C=O) groups excluding carboxylic acids is 1. The van der Waals surface area contributed by atoms with Crippen LogP contribution in [0, 0.1) is 11.2 Å². The smallest absolute Gasteiger partial charge is 0.144 e. The highest BCUT2D eigenvalue weighted by Crippen LogP contribution is 2.34. The zero-order valence-corrected chi connectivity index (χ0v) is 13.4. The SMILES string of the molecule is CCCC1(C(=O)Cc2cc(F)cc(Br)c2)CCCNC1. The van der Waals surface area contributed by atoms with E-state index in [1.165, 1.54) is 12.1 Å². The molecule has 1 N–H and O–H groups in total. The van der Waals surface area contributed by atoms with E-state index in [4.69, 9.17) is 0 Å². The van der Waals surface area contributed by atoms with Gasteiger partial charge in [-0.2, -0.15) is 0 Å². The van der Waals surface area contributed by atoms with Crippen LogP contribution in [0.3, 0.4) is 0 Å². The molecule has 2 rings (SSSR count). The Labute approximate surface area is 128 Å². The highest BCUT2D eigenvalue weighted by atomic mass is 79.9. The Kier molecular flexibility index (Phi) is 5.33. The lowest BCUT2D eigenvalue weighted by Crippen LogP contribution is -2.46. The van der Waals surface area contributed by atoms with Crippen LogP contribution in [0.15, 0.2) is 22.7 Å². The van der Waals surface area contributed by atoms with Gasteiger partial charge in [0.2, 0.25) is 0 Å². The van der Waals surface area contributed by atoms with Gasteiger partial charge < -0.3 is 5.32 Å². The van der Waals surface area contributed by atoms with Crippen LogP contribution in [-0.4, -0.2) is 18.9 Å². The fourth-order valence-corrected chi connectivity index (χ4v) is 3.64. The summed E-state index contributed by atoms with van der Waals surface area (Å²) in [7, 11) is 0. The van der Waals surface area contributed by atoms with Gasteiger partial charge in [0.25, 0.3) is 0 Å². The average molecular weight is 342 g/mol. The lowest BCUT2D eigenvalue weighted by molar-refractivity contribution is -0.129. The maximum atomic E-state index is 13.4. The van der Waals surface area contributed by atoms with Crippen molar-refractivity contribution < 1.29 is 9.18 Å². The standard InChI is InChI=1S/C16H21BrFNO/c1-2-4-16(5-3-6-19-11-16)15(20)9-12-7-13(17)10-14(18)8-12/h7-8,10,19H,2-6,9,11H2,1H3. The maximum Gasteiger partial charge on any atom is 0.144 e. The minimum atomic E-state index is -0.298. The molecule has 1 heterocycles. The number of nitrogens with one attached hydrogen (secondary N) is 1. The molecule has 0 radical (unpaired) electrons. The molecule has 0 bridgehead atoms. The van der Waals surface area contributed by atoms with E-state index in [2.05, 4.69) is 28.2 Å². The van der Waals surface area contributed by atoms with Crippen molar-refractivity contribution in [1.82, 2.24) is 5.32 Å². The van der Waals surface area contributed by atoms with Crippen molar-refractivity contribution in [2.45, 2.75) is 39.0 Å². The molecular weight excluding hydrogens is 321 g/mol. The molecule has 0 spiro atoms. The topological polar surface area (TPSA) is 29.1 Å². The zero-order valence-electron chi connectivity index (χ0n) is 11.8. The molecule has 1 aliphatic rings. The highest BCUT2D eigenvalue weighted by molar-refractivity contribution is 9.10. The zero-order chi connectivity index (χ0) is 14.6. The summed E-state index contributed by atoms with van der Waals surface area (Å²) in [6.07, 6.45) is 4.22. The number of carbonyl (C=O) groups is 1. The van der Waals surface area contributed by atoms with Gasteiger partial charge in [0.15, 0.2) is 0 Å². The number of ketones is 1. The van der Waals surface area contributed by atoms with Gasteiger partial charge >= 0.3 is 0 Å². The summed E-state index contributed by atoms with van der Waals surface area (Å²) < 4.78 is 14.1. The second-order valence-electron chi connectivity index (χ2n) is 5.69. The number of hydrogen-bond donors (Lipinski definition) is 1. The number of halogens is 2. The summed E-state index contributed by atoms with van der Waals surface area (Å²) in [6, 6.07) is 4.70. The van der Waals surface area contributed by atoms with Gasteiger partial charge in [-0.05, 0) is 49.6 Å². The van der Waals surface area contributed by atoms with Gasteiger partial charge in [0.05, 0.1) is 0 Å². The molecule has 1 aromatic rings. The minimum absolute atomic E-state index is 0.240. The fraction of sp³-hybridized carbons (Fsp3) is 0.562. The Bertz CT molecular complexity index is 458. The molecule has 0 amide bonds. The predicted octanol–water partition coefficient (Wildman–Crippen LogP) is 3.87. The fourth-order valence-electron chi connectivity index (χ4n) is 3.12. The van der Waals surface area contributed by atoms with Crippen LogP contribution in [0.25, 0.3) is 0 Å². The number of Topliss-reactive ketones (excluding diaryl/α,β-unsaturated/α-hetero) is 1. The second kappa shape index (κ2) is 6.81. The normalized spacial score (nSPS) is 22.8. The van der Waals surface area contributed by atoms with Crippen LogP contribution in [0.2, 0.25) is 0 Å². The van der Waals surface area contributed by atoms with E-state index in [0.717, 1.165) is 44.3 Å². The Morgan fingerprint density at radius 1 is 1.45 bits per heavy atom. The predicted molar refractivity (Wildman–Crippen MR) is 82.3 cm³/mol. The van der Waals surface area contributed by atoms with E-state index >= 15 is 0 Å². The van der Waals surface area contributed by atoms with Crippen LogP contribution < -0.4 is 5.32 Å². The van der Waals surface area contributed by atoms with Crippen molar-refractivity contribution in [3.8, 4) is 0 Å². The molecule has 1 aromatic carbocycles. The summed E-state index contributed by atoms with van der Waals surface area (Å²) in [5.74, 6) is -0.0578. The van der Waals surface area contributed by atoms with E-state index < -0.39 is 0 Å². The first-order valence-corrected chi connectivity index (χ1v) is 8.04. The Morgan fingerprint density at radius 2 is 2.25 bits per heavy atom. The van der Waals surface area contributed by atoms with E-state index in [-0.39, 0.29) is 17.0 Å². The summed E-state index contributed by atoms with van der Waals surface area (Å²) >= 11 is 3.28. The molecule has 1 atom stereocenters. The third-order valence-electron chi connectivity index (χ3n) is 4.08. The first-order valence-electron chi connectivity index (χ1n) is 7.25. The lowest BCUT2D eigenvalue weighted by Gasteiger charge is -2.36. The van der Waals surface area contributed by atoms with Gasteiger partial charge in [-0.25, -0.2) is 4.39 Å². The van der Waals surface area contributed by atoms with E-state index in [0.29, 0.717) is 10.9 Å².